The van der Waals surface area contributed by atoms with Crippen LogP contribution in [0, 0.1) is 0 Å². The molecule has 0 saturated carbocycles. The Morgan fingerprint density at radius 1 is 1.10 bits per heavy atom. The number of aryl methyl sites for hydroxylation is 1. The Kier molecular flexibility index (Phi) is 11.2. The number of amides is 1. The number of aliphatic hydroxyl groups excluding tert-OH is 2. The average Bonchev–Trinajstić information content (AvgIpc) is 3.15. The first-order valence-electron chi connectivity index (χ1n) is 13.6. The van der Waals surface area contributed by atoms with Crippen molar-refractivity contribution >= 4 is 17.7 Å². The van der Waals surface area contributed by atoms with Crippen LogP contribution in [0.4, 0.5) is 14.6 Å². The van der Waals surface area contributed by atoms with E-state index in [9.17, 15) is 33.4 Å². The molecule has 40 heavy (non-hydrogen) atoms. The summed E-state index contributed by atoms with van der Waals surface area (Å²) in [5.41, 5.74) is -1.36. The third-order valence-corrected chi connectivity index (χ3v) is 6.90. The first kappa shape index (κ1) is 31.2. The highest BCUT2D eigenvalue weighted by Crippen LogP contribution is 2.42. The minimum absolute atomic E-state index is 0.167. The molecule has 1 aliphatic heterocycles. The number of nitrogens with zero attached hydrogens (tertiary/aromatic N) is 3. The number of carboxylic acid groups (broad SMARTS) is 1. The fourth-order valence-electron chi connectivity index (χ4n) is 4.71. The maximum absolute atomic E-state index is 14.4. The number of alkyl halides is 2. The second kappa shape index (κ2) is 14.4. The molecule has 4 N–H and O–H groups in total. The van der Waals surface area contributed by atoms with E-state index in [1.54, 1.807) is 6.07 Å². The van der Waals surface area contributed by atoms with Crippen LogP contribution in [0.3, 0.4) is 0 Å². The standard InChI is InChI=1S/C27H36F2N4O7/c1-2-3-4-5-6-7-8-9-10-11-17-12-14-30-21(24(37)38)20(17)23(36)31-19-13-15-33(26(39)32-19)25-27(28,29)22(35)18(16-34)40-25/h12-15,18,22,25,34-35H,2-11,16H2,1H3,(H,37,38)(H,31,32,36,39)/t18-,22-,25-/m1/s1. The van der Waals surface area contributed by atoms with E-state index in [4.69, 9.17) is 9.84 Å². The number of halogens is 2. The number of anilines is 1. The zero-order chi connectivity index (χ0) is 29.3. The third-order valence-electron chi connectivity index (χ3n) is 6.90. The largest absolute Gasteiger partial charge is 0.476 e. The molecule has 1 amide bonds. The molecule has 0 spiro atoms. The fraction of sp³-hybridized carbons (Fsp3) is 0.593. The van der Waals surface area contributed by atoms with Gasteiger partial charge in [0.05, 0.1) is 12.2 Å². The molecule has 1 saturated heterocycles. The highest BCUT2D eigenvalue weighted by Gasteiger charge is 2.59. The van der Waals surface area contributed by atoms with Crippen molar-refractivity contribution in [2.24, 2.45) is 0 Å². The van der Waals surface area contributed by atoms with Gasteiger partial charge in [0.1, 0.15) is 11.9 Å². The Labute approximate surface area is 230 Å². The van der Waals surface area contributed by atoms with Crippen molar-refractivity contribution in [3.05, 3.63) is 51.8 Å². The molecule has 11 nitrogen and oxygen atoms in total. The monoisotopic (exact) mass is 566 g/mol. The molecule has 3 rings (SSSR count). The van der Waals surface area contributed by atoms with Crippen molar-refractivity contribution in [1.82, 2.24) is 14.5 Å². The highest BCUT2D eigenvalue weighted by atomic mass is 19.3. The first-order valence-corrected chi connectivity index (χ1v) is 13.6. The number of pyridine rings is 1. The minimum atomic E-state index is -3.89. The van der Waals surface area contributed by atoms with Crippen LogP contribution >= 0.6 is 0 Å². The van der Waals surface area contributed by atoms with E-state index >= 15 is 0 Å². The fourth-order valence-corrected chi connectivity index (χ4v) is 4.71. The second-order valence-corrected chi connectivity index (χ2v) is 9.86. The summed E-state index contributed by atoms with van der Waals surface area (Å²) in [5, 5.41) is 30.8. The molecule has 3 atom stereocenters. The molecule has 0 unspecified atom stereocenters. The number of ether oxygens (including phenoxy) is 1. The maximum Gasteiger partial charge on any atom is 0.355 e. The van der Waals surface area contributed by atoms with Gasteiger partial charge in [-0.05, 0) is 30.5 Å². The lowest BCUT2D eigenvalue weighted by molar-refractivity contribution is -0.140. The number of aliphatic hydroxyl groups is 2. The predicted molar refractivity (Wildman–Crippen MR) is 141 cm³/mol. The van der Waals surface area contributed by atoms with E-state index in [0.717, 1.165) is 37.9 Å². The number of hydrogen-bond acceptors (Lipinski definition) is 8. The molecule has 220 valence electrons. The summed E-state index contributed by atoms with van der Waals surface area (Å²) in [6.07, 6.45) is 6.37. The van der Waals surface area contributed by atoms with Crippen molar-refractivity contribution in [1.29, 1.82) is 0 Å². The van der Waals surface area contributed by atoms with Gasteiger partial charge in [-0.3, -0.25) is 9.36 Å². The predicted octanol–water partition coefficient (Wildman–Crippen LogP) is 3.55. The van der Waals surface area contributed by atoms with Crippen LogP contribution in [-0.2, 0) is 11.2 Å². The lowest BCUT2D eigenvalue weighted by Gasteiger charge is -2.21. The normalized spacial score (nSPS) is 20.0. The number of unbranched alkanes of at least 4 members (excludes halogenated alkanes) is 8. The summed E-state index contributed by atoms with van der Waals surface area (Å²) in [6.45, 7) is 1.29. The summed E-state index contributed by atoms with van der Waals surface area (Å²) in [7, 11) is 0. The molecular formula is C27H36F2N4O7. The Morgan fingerprint density at radius 2 is 1.75 bits per heavy atom. The SMILES string of the molecule is CCCCCCCCCCCc1ccnc(C(=O)O)c1C(=O)Nc1ccn([C@@H]2O[C@H](CO)[C@@H](O)C2(F)F)c(=O)n1. The Balaban J connectivity index is 1.69. The summed E-state index contributed by atoms with van der Waals surface area (Å²) in [6, 6.07) is 2.63. The van der Waals surface area contributed by atoms with Gasteiger partial charge >= 0.3 is 17.6 Å². The van der Waals surface area contributed by atoms with Crippen LogP contribution < -0.4 is 11.0 Å². The summed E-state index contributed by atoms with van der Waals surface area (Å²) in [5.74, 6) is -6.46. The lowest BCUT2D eigenvalue weighted by Crippen LogP contribution is -2.41. The van der Waals surface area contributed by atoms with Crippen LogP contribution in [-0.4, -0.2) is 66.5 Å². The van der Waals surface area contributed by atoms with Crippen molar-refractivity contribution in [3.8, 4) is 0 Å². The maximum atomic E-state index is 14.4. The quantitative estimate of drug-likeness (QED) is 0.236. The molecule has 0 radical (unpaired) electrons. The van der Waals surface area contributed by atoms with Gasteiger partial charge in [-0.1, -0.05) is 58.3 Å². The van der Waals surface area contributed by atoms with E-state index in [2.05, 4.69) is 22.2 Å². The molecule has 0 bridgehead atoms. The average molecular weight is 567 g/mol. The Hall–Kier alpha value is -3.29. The first-order chi connectivity index (χ1) is 19.1. The zero-order valence-electron chi connectivity index (χ0n) is 22.4. The van der Waals surface area contributed by atoms with Gasteiger partial charge < -0.3 is 25.4 Å². The van der Waals surface area contributed by atoms with Crippen molar-refractivity contribution in [3.63, 3.8) is 0 Å². The molecule has 1 fully saturated rings. The Bertz CT molecular complexity index is 1220. The number of rotatable bonds is 15. The van der Waals surface area contributed by atoms with Gasteiger partial charge in [-0.25, -0.2) is 14.6 Å². The molecule has 0 aromatic carbocycles. The molecule has 2 aromatic heterocycles. The number of carbonyl (C=O) groups is 2. The molecule has 2 aromatic rings. The van der Waals surface area contributed by atoms with Crippen LogP contribution in [0.15, 0.2) is 29.3 Å². The molecular weight excluding hydrogens is 530 g/mol. The second-order valence-electron chi connectivity index (χ2n) is 9.86. The van der Waals surface area contributed by atoms with E-state index in [1.807, 2.05) is 0 Å². The minimum Gasteiger partial charge on any atom is -0.476 e. The van der Waals surface area contributed by atoms with E-state index < -0.39 is 54.2 Å². The third kappa shape index (κ3) is 7.46. The summed E-state index contributed by atoms with van der Waals surface area (Å²) < 4.78 is 34.2. The van der Waals surface area contributed by atoms with Gasteiger partial charge in [0, 0.05) is 12.4 Å². The number of carbonyl (C=O) groups excluding carboxylic acids is 1. The topological polar surface area (TPSA) is 164 Å². The number of aromatic nitrogens is 3. The van der Waals surface area contributed by atoms with Crippen LogP contribution in [0.2, 0.25) is 0 Å². The summed E-state index contributed by atoms with van der Waals surface area (Å²) in [4.78, 5) is 44.9. The highest BCUT2D eigenvalue weighted by molar-refractivity contribution is 6.10. The molecule has 13 heteroatoms. The van der Waals surface area contributed by atoms with E-state index in [-0.39, 0.29) is 11.4 Å². The number of nitrogens with one attached hydrogen (secondary N) is 1. The van der Waals surface area contributed by atoms with E-state index in [1.165, 1.54) is 38.3 Å². The van der Waals surface area contributed by atoms with Crippen LogP contribution in [0.5, 0.6) is 0 Å². The number of carboxylic acids is 1. The van der Waals surface area contributed by atoms with Crippen LogP contribution in [0.25, 0.3) is 0 Å². The van der Waals surface area contributed by atoms with Crippen molar-refractivity contribution in [2.45, 2.75) is 95.5 Å². The number of aromatic carboxylic acids is 1. The molecule has 0 aliphatic carbocycles. The van der Waals surface area contributed by atoms with Gasteiger partial charge in [-0.15, -0.1) is 0 Å². The van der Waals surface area contributed by atoms with Gasteiger partial charge in [0.15, 0.2) is 11.8 Å². The van der Waals surface area contributed by atoms with Gasteiger partial charge in [-0.2, -0.15) is 13.8 Å². The van der Waals surface area contributed by atoms with Crippen molar-refractivity contribution in [2.75, 3.05) is 11.9 Å². The van der Waals surface area contributed by atoms with Crippen LogP contribution in [0.1, 0.15) is 97.3 Å². The smallest absolute Gasteiger partial charge is 0.355 e. The lowest BCUT2D eigenvalue weighted by atomic mass is 9.99. The number of hydrogen-bond donors (Lipinski definition) is 4. The molecule has 1 aliphatic rings. The van der Waals surface area contributed by atoms with Gasteiger partial charge in [0.2, 0.25) is 6.23 Å². The molecule has 3 heterocycles. The zero-order valence-corrected chi connectivity index (χ0v) is 22.4. The van der Waals surface area contributed by atoms with E-state index in [0.29, 0.717) is 16.6 Å². The van der Waals surface area contributed by atoms with Gasteiger partial charge in [0.25, 0.3) is 5.91 Å². The van der Waals surface area contributed by atoms with Crippen molar-refractivity contribution < 1.29 is 38.4 Å². The summed E-state index contributed by atoms with van der Waals surface area (Å²) >= 11 is 0. The Morgan fingerprint density at radius 3 is 2.33 bits per heavy atom.